The molecule has 1 amide bonds. The van der Waals surface area contributed by atoms with Crippen molar-refractivity contribution in [2.45, 2.75) is 51.2 Å². The molecule has 2 fully saturated rings. The maximum Gasteiger partial charge on any atom is 0.222 e. The number of nitrogens with zero attached hydrogens (tertiary/aromatic N) is 1. The van der Waals surface area contributed by atoms with Gasteiger partial charge in [-0.3, -0.25) is 9.69 Å². The molecular formula is C15H29N3O2. The second kappa shape index (κ2) is 8.60. The Labute approximate surface area is 122 Å². The lowest BCUT2D eigenvalue weighted by Crippen LogP contribution is -2.37. The lowest BCUT2D eigenvalue weighted by molar-refractivity contribution is -0.122. The lowest BCUT2D eigenvalue weighted by Gasteiger charge is -2.23. The molecule has 5 nitrogen and oxygen atoms in total. The second-order valence-electron chi connectivity index (χ2n) is 5.78. The van der Waals surface area contributed by atoms with Crippen LogP contribution in [-0.2, 0) is 9.53 Å². The average molecular weight is 283 g/mol. The van der Waals surface area contributed by atoms with Crippen molar-refractivity contribution in [3.8, 4) is 0 Å². The number of likely N-dealkylation sites (N-methyl/N-ethyl adjacent to an activating group) is 1. The maximum absolute atomic E-state index is 11.7. The van der Waals surface area contributed by atoms with Crippen molar-refractivity contribution in [3.05, 3.63) is 0 Å². The zero-order valence-corrected chi connectivity index (χ0v) is 12.7. The van der Waals surface area contributed by atoms with Crippen LogP contribution in [0.15, 0.2) is 0 Å². The van der Waals surface area contributed by atoms with Gasteiger partial charge in [-0.25, -0.2) is 0 Å². The second-order valence-corrected chi connectivity index (χ2v) is 5.78. The van der Waals surface area contributed by atoms with E-state index in [1.165, 1.54) is 12.8 Å². The van der Waals surface area contributed by atoms with Gasteiger partial charge in [-0.1, -0.05) is 6.92 Å². The SMILES string of the molecule is CCN(CCNC(=O)CCOC1CCNCC1)C1CC1. The van der Waals surface area contributed by atoms with Crippen LogP contribution in [0.25, 0.3) is 0 Å². The van der Waals surface area contributed by atoms with Gasteiger partial charge in [0.25, 0.3) is 0 Å². The number of hydrogen-bond donors (Lipinski definition) is 2. The average Bonchev–Trinajstić information content (AvgIpc) is 3.29. The van der Waals surface area contributed by atoms with E-state index in [0.29, 0.717) is 19.1 Å². The number of ether oxygens (including phenoxy) is 1. The molecule has 20 heavy (non-hydrogen) atoms. The number of carbonyl (C=O) groups excluding carboxylic acids is 1. The van der Waals surface area contributed by atoms with Crippen LogP contribution in [0, 0.1) is 0 Å². The highest BCUT2D eigenvalue weighted by Gasteiger charge is 2.27. The fourth-order valence-electron chi connectivity index (χ4n) is 2.75. The van der Waals surface area contributed by atoms with Gasteiger partial charge < -0.3 is 15.4 Å². The van der Waals surface area contributed by atoms with Gasteiger partial charge in [0.2, 0.25) is 5.91 Å². The zero-order valence-electron chi connectivity index (χ0n) is 12.7. The molecule has 1 saturated heterocycles. The van der Waals surface area contributed by atoms with E-state index in [1.807, 2.05) is 0 Å². The first kappa shape index (κ1) is 15.7. The Morgan fingerprint density at radius 1 is 1.30 bits per heavy atom. The number of carbonyl (C=O) groups is 1. The van der Waals surface area contributed by atoms with Crippen molar-refractivity contribution in [3.63, 3.8) is 0 Å². The molecule has 0 spiro atoms. The zero-order chi connectivity index (χ0) is 14.2. The van der Waals surface area contributed by atoms with Gasteiger partial charge in [0.15, 0.2) is 0 Å². The van der Waals surface area contributed by atoms with Crippen LogP contribution in [0.4, 0.5) is 0 Å². The van der Waals surface area contributed by atoms with Crippen LogP contribution >= 0.6 is 0 Å². The van der Waals surface area contributed by atoms with Crippen molar-refractivity contribution >= 4 is 5.91 Å². The summed E-state index contributed by atoms with van der Waals surface area (Å²) in [6.07, 6.45) is 5.61. The fraction of sp³-hybridized carbons (Fsp3) is 0.933. The van der Waals surface area contributed by atoms with Crippen LogP contribution in [0.2, 0.25) is 0 Å². The van der Waals surface area contributed by atoms with E-state index < -0.39 is 0 Å². The van der Waals surface area contributed by atoms with E-state index in [4.69, 9.17) is 4.74 Å². The largest absolute Gasteiger partial charge is 0.378 e. The number of rotatable bonds is 9. The minimum atomic E-state index is 0.116. The van der Waals surface area contributed by atoms with E-state index in [0.717, 1.165) is 51.6 Å². The Balaban J connectivity index is 1.47. The molecule has 0 aromatic rings. The predicted octanol–water partition coefficient (Wildman–Crippen LogP) is 0.746. The molecule has 2 aliphatic rings. The summed E-state index contributed by atoms with van der Waals surface area (Å²) in [7, 11) is 0. The van der Waals surface area contributed by atoms with E-state index in [-0.39, 0.29) is 5.91 Å². The number of nitrogens with one attached hydrogen (secondary N) is 2. The quantitative estimate of drug-likeness (QED) is 0.655. The predicted molar refractivity (Wildman–Crippen MR) is 79.7 cm³/mol. The van der Waals surface area contributed by atoms with Crippen LogP contribution < -0.4 is 10.6 Å². The number of hydrogen-bond acceptors (Lipinski definition) is 4. The molecule has 0 unspecified atom stereocenters. The van der Waals surface area contributed by atoms with Gasteiger partial charge in [0.1, 0.15) is 0 Å². The van der Waals surface area contributed by atoms with Crippen LogP contribution in [0.5, 0.6) is 0 Å². The summed E-state index contributed by atoms with van der Waals surface area (Å²) >= 11 is 0. The van der Waals surface area contributed by atoms with Gasteiger partial charge in [0, 0.05) is 25.6 Å². The summed E-state index contributed by atoms with van der Waals surface area (Å²) in [5.74, 6) is 0.116. The van der Waals surface area contributed by atoms with Gasteiger partial charge >= 0.3 is 0 Å². The standard InChI is InChI=1S/C15H29N3O2/c1-2-18(13-3-4-13)11-10-17-15(19)7-12-20-14-5-8-16-9-6-14/h13-14,16H,2-12H2,1H3,(H,17,19). The Morgan fingerprint density at radius 2 is 2.05 bits per heavy atom. The molecule has 2 rings (SSSR count). The molecule has 0 atom stereocenters. The molecule has 1 heterocycles. The monoisotopic (exact) mass is 283 g/mol. The molecule has 5 heteroatoms. The minimum absolute atomic E-state index is 0.116. The van der Waals surface area contributed by atoms with Gasteiger partial charge in [-0.2, -0.15) is 0 Å². The van der Waals surface area contributed by atoms with Gasteiger partial charge in [0.05, 0.1) is 12.7 Å². The highest BCUT2D eigenvalue weighted by Crippen LogP contribution is 2.25. The highest BCUT2D eigenvalue weighted by atomic mass is 16.5. The Kier molecular flexibility index (Phi) is 6.76. The molecule has 2 N–H and O–H groups in total. The number of amides is 1. The molecule has 1 aliphatic heterocycles. The van der Waals surface area contributed by atoms with E-state index >= 15 is 0 Å². The van der Waals surface area contributed by atoms with Crippen LogP contribution in [-0.4, -0.2) is 62.3 Å². The first-order valence-electron chi connectivity index (χ1n) is 8.12. The minimum Gasteiger partial charge on any atom is -0.378 e. The molecule has 0 aromatic carbocycles. The summed E-state index contributed by atoms with van der Waals surface area (Å²) in [5.41, 5.74) is 0. The van der Waals surface area contributed by atoms with Crippen molar-refractivity contribution in [1.82, 2.24) is 15.5 Å². The van der Waals surface area contributed by atoms with Crippen molar-refractivity contribution in [2.75, 3.05) is 39.3 Å². The van der Waals surface area contributed by atoms with Crippen molar-refractivity contribution in [1.29, 1.82) is 0 Å². The third kappa shape index (κ3) is 5.77. The van der Waals surface area contributed by atoms with E-state index in [9.17, 15) is 4.79 Å². The number of piperidine rings is 1. The molecule has 1 aliphatic carbocycles. The van der Waals surface area contributed by atoms with Crippen LogP contribution in [0.3, 0.4) is 0 Å². The third-order valence-electron chi connectivity index (χ3n) is 4.16. The fourth-order valence-corrected chi connectivity index (χ4v) is 2.75. The summed E-state index contributed by atoms with van der Waals surface area (Å²) in [5, 5.41) is 6.30. The van der Waals surface area contributed by atoms with E-state index in [2.05, 4.69) is 22.5 Å². The highest BCUT2D eigenvalue weighted by molar-refractivity contribution is 5.75. The first-order chi connectivity index (χ1) is 9.79. The van der Waals surface area contributed by atoms with Gasteiger partial charge in [-0.05, 0) is 45.3 Å². The van der Waals surface area contributed by atoms with Crippen LogP contribution in [0.1, 0.15) is 39.0 Å². The normalized spacial score (nSPS) is 20.3. The summed E-state index contributed by atoms with van der Waals surface area (Å²) in [4.78, 5) is 14.2. The molecule has 0 bridgehead atoms. The Hall–Kier alpha value is -0.650. The Morgan fingerprint density at radius 3 is 2.70 bits per heavy atom. The first-order valence-corrected chi connectivity index (χ1v) is 8.12. The summed E-state index contributed by atoms with van der Waals surface area (Å²) in [6, 6.07) is 0.778. The smallest absolute Gasteiger partial charge is 0.222 e. The third-order valence-corrected chi connectivity index (χ3v) is 4.16. The Bertz CT molecular complexity index is 289. The molecule has 1 saturated carbocycles. The summed E-state index contributed by atoms with van der Waals surface area (Å²) < 4.78 is 5.74. The van der Waals surface area contributed by atoms with Crippen molar-refractivity contribution in [2.24, 2.45) is 0 Å². The maximum atomic E-state index is 11.7. The van der Waals surface area contributed by atoms with E-state index in [1.54, 1.807) is 0 Å². The molecular weight excluding hydrogens is 254 g/mol. The molecule has 0 aromatic heterocycles. The molecule has 0 radical (unpaired) electrons. The summed E-state index contributed by atoms with van der Waals surface area (Å²) in [6.45, 7) is 7.62. The van der Waals surface area contributed by atoms with Gasteiger partial charge in [-0.15, -0.1) is 0 Å². The molecule has 116 valence electrons. The lowest BCUT2D eigenvalue weighted by atomic mass is 10.1. The van der Waals surface area contributed by atoms with Crippen molar-refractivity contribution < 1.29 is 9.53 Å². The topological polar surface area (TPSA) is 53.6 Å².